The lowest BCUT2D eigenvalue weighted by molar-refractivity contribution is -0.116. The molecule has 2 aromatic rings. The summed E-state index contributed by atoms with van der Waals surface area (Å²) in [4.78, 5) is 23.8. The minimum Gasteiger partial charge on any atom is -0.350 e. The smallest absolute Gasteiger partial charge is 0.254 e. The molecule has 7 heteroatoms. The minimum atomic E-state index is -0.664. The van der Waals surface area contributed by atoms with Crippen LogP contribution in [0.15, 0.2) is 36.4 Å². The second-order valence-electron chi connectivity index (χ2n) is 7.18. The zero-order chi connectivity index (χ0) is 19.6. The predicted molar refractivity (Wildman–Crippen MR) is 110 cm³/mol. The first-order valence-electron chi connectivity index (χ1n) is 9.11. The third kappa shape index (κ3) is 4.88. The van der Waals surface area contributed by atoms with Crippen LogP contribution < -0.4 is 16.4 Å². The minimum absolute atomic E-state index is 0. The SMILES string of the molecule is CC(C)c1ccc(C(N)CNC(=O)c2cc3c(cc2F)NC(=O)CC3)cc1.Cl. The Bertz CT molecular complexity index is 869. The highest BCUT2D eigenvalue weighted by Crippen LogP contribution is 2.26. The van der Waals surface area contributed by atoms with E-state index < -0.39 is 11.7 Å². The second kappa shape index (κ2) is 9.17. The molecule has 150 valence electrons. The maximum atomic E-state index is 14.3. The van der Waals surface area contributed by atoms with Crippen molar-refractivity contribution in [2.75, 3.05) is 11.9 Å². The molecule has 1 aliphatic heterocycles. The molecule has 0 saturated heterocycles. The predicted octanol–water partition coefficient (Wildman–Crippen LogP) is 3.69. The Labute approximate surface area is 170 Å². The van der Waals surface area contributed by atoms with Crippen molar-refractivity contribution in [3.63, 3.8) is 0 Å². The highest BCUT2D eigenvalue weighted by atomic mass is 35.5. The van der Waals surface area contributed by atoms with Gasteiger partial charge in [0.25, 0.3) is 5.91 Å². The van der Waals surface area contributed by atoms with E-state index in [4.69, 9.17) is 5.73 Å². The maximum absolute atomic E-state index is 14.3. The number of benzene rings is 2. The van der Waals surface area contributed by atoms with Gasteiger partial charge in [0.15, 0.2) is 0 Å². The Hall–Kier alpha value is -2.44. The van der Waals surface area contributed by atoms with Crippen LogP contribution in [0, 0.1) is 5.82 Å². The molecule has 4 N–H and O–H groups in total. The average molecular weight is 406 g/mol. The van der Waals surface area contributed by atoms with Crippen molar-refractivity contribution >= 4 is 29.9 Å². The van der Waals surface area contributed by atoms with E-state index >= 15 is 0 Å². The lowest BCUT2D eigenvalue weighted by Crippen LogP contribution is -2.32. The molecule has 1 aliphatic rings. The highest BCUT2D eigenvalue weighted by Gasteiger charge is 2.21. The molecule has 0 aromatic heterocycles. The molecule has 0 aliphatic carbocycles. The largest absolute Gasteiger partial charge is 0.350 e. The van der Waals surface area contributed by atoms with E-state index in [9.17, 15) is 14.0 Å². The molecule has 28 heavy (non-hydrogen) atoms. The number of nitrogens with two attached hydrogens (primary N) is 1. The molecule has 0 bridgehead atoms. The molecule has 0 saturated carbocycles. The maximum Gasteiger partial charge on any atom is 0.254 e. The van der Waals surface area contributed by atoms with Crippen molar-refractivity contribution in [2.24, 2.45) is 5.73 Å². The van der Waals surface area contributed by atoms with Crippen LogP contribution in [0.3, 0.4) is 0 Å². The zero-order valence-corrected chi connectivity index (χ0v) is 16.7. The van der Waals surface area contributed by atoms with Crippen LogP contribution in [-0.2, 0) is 11.2 Å². The Morgan fingerprint density at radius 2 is 1.82 bits per heavy atom. The molecular weight excluding hydrogens is 381 g/mol. The van der Waals surface area contributed by atoms with E-state index in [-0.39, 0.29) is 36.5 Å². The van der Waals surface area contributed by atoms with Crippen molar-refractivity contribution in [3.05, 3.63) is 64.5 Å². The Morgan fingerprint density at radius 3 is 2.46 bits per heavy atom. The van der Waals surface area contributed by atoms with Crippen LogP contribution in [0.2, 0.25) is 0 Å². The van der Waals surface area contributed by atoms with E-state index in [1.165, 1.54) is 17.7 Å². The van der Waals surface area contributed by atoms with Gasteiger partial charge in [0.2, 0.25) is 5.91 Å². The van der Waals surface area contributed by atoms with Crippen molar-refractivity contribution in [3.8, 4) is 0 Å². The number of amides is 2. The number of fused-ring (bicyclic) bond motifs is 1. The topological polar surface area (TPSA) is 84.2 Å². The van der Waals surface area contributed by atoms with Gasteiger partial charge in [0.1, 0.15) is 5.82 Å². The summed E-state index contributed by atoms with van der Waals surface area (Å²) in [6.45, 7) is 4.44. The number of carbonyl (C=O) groups excluding carboxylic acids is 2. The van der Waals surface area contributed by atoms with Gasteiger partial charge in [-0.15, -0.1) is 12.4 Å². The van der Waals surface area contributed by atoms with Crippen molar-refractivity contribution in [1.29, 1.82) is 0 Å². The van der Waals surface area contributed by atoms with Crippen molar-refractivity contribution in [1.82, 2.24) is 5.32 Å². The molecule has 1 atom stereocenters. The number of aryl methyl sites for hydroxylation is 1. The van der Waals surface area contributed by atoms with Gasteiger partial charge in [0, 0.05) is 24.7 Å². The van der Waals surface area contributed by atoms with Crippen LogP contribution in [0.25, 0.3) is 0 Å². The summed E-state index contributed by atoms with van der Waals surface area (Å²) in [5, 5.41) is 5.32. The summed E-state index contributed by atoms with van der Waals surface area (Å²) >= 11 is 0. The molecule has 2 amide bonds. The van der Waals surface area contributed by atoms with Crippen LogP contribution in [-0.4, -0.2) is 18.4 Å². The number of hydrogen-bond donors (Lipinski definition) is 3. The van der Waals surface area contributed by atoms with Crippen LogP contribution in [0.1, 0.15) is 59.3 Å². The number of nitrogens with one attached hydrogen (secondary N) is 2. The summed E-state index contributed by atoms with van der Waals surface area (Å²) in [6, 6.07) is 10.3. The third-order valence-corrected chi connectivity index (χ3v) is 4.85. The fraction of sp³-hybridized carbons (Fsp3) is 0.333. The highest BCUT2D eigenvalue weighted by molar-refractivity contribution is 5.98. The zero-order valence-electron chi connectivity index (χ0n) is 15.9. The number of rotatable bonds is 5. The lowest BCUT2D eigenvalue weighted by atomic mass is 9.98. The average Bonchev–Trinajstić information content (AvgIpc) is 2.65. The van der Waals surface area contributed by atoms with Gasteiger partial charge in [-0.1, -0.05) is 38.1 Å². The summed E-state index contributed by atoms with van der Waals surface area (Å²) in [5.41, 5.74) is 9.44. The molecule has 2 aromatic carbocycles. The first-order chi connectivity index (χ1) is 12.8. The first-order valence-corrected chi connectivity index (χ1v) is 9.11. The fourth-order valence-corrected chi connectivity index (χ4v) is 3.12. The molecular formula is C21H25ClFN3O2. The summed E-state index contributed by atoms with van der Waals surface area (Å²) in [5.74, 6) is -0.884. The van der Waals surface area contributed by atoms with Gasteiger partial charge in [-0.25, -0.2) is 4.39 Å². The Balaban J connectivity index is 0.00000280. The number of anilines is 1. The quantitative estimate of drug-likeness (QED) is 0.709. The van der Waals surface area contributed by atoms with E-state index in [1.807, 2.05) is 24.3 Å². The van der Waals surface area contributed by atoms with E-state index in [2.05, 4.69) is 24.5 Å². The van der Waals surface area contributed by atoms with Crippen molar-refractivity contribution < 1.29 is 14.0 Å². The van der Waals surface area contributed by atoms with Gasteiger partial charge in [0.05, 0.1) is 5.56 Å². The molecule has 1 heterocycles. The molecule has 0 radical (unpaired) electrons. The van der Waals surface area contributed by atoms with Gasteiger partial charge in [-0.05, 0) is 41.2 Å². The van der Waals surface area contributed by atoms with E-state index in [0.29, 0.717) is 24.4 Å². The van der Waals surface area contributed by atoms with Gasteiger partial charge in [-0.2, -0.15) is 0 Å². The number of halogens is 2. The van der Waals surface area contributed by atoms with Crippen LogP contribution in [0.4, 0.5) is 10.1 Å². The Kier molecular flexibility index (Phi) is 7.16. The molecule has 0 spiro atoms. The fourth-order valence-electron chi connectivity index (χ4n) is 3.12. The van der Waals surface area contributed by atoms with E-state index in [1.54, 1.807) is 0 Å². The standard InChI is InChI=1S/C21H24FN3O2.ClH/c1-12(2)13-3-5-14(6-4-13)18(23)11-24-21(27)16-9-15-7-8-20(26)25-19(15)10-17(16)22;/h3-6,9-10,12,18H,7-8,11,23H2,1-2H3,(H,24,27)(H,25,26);1H. The van der Waals surface area contributed by atoms with Crippen LogP contribution >= 0.6 is 12.4 Å². The Morgan fingerprint density at radius 1 is 1.18 bits per heavy atom. The lowest BCUT2D eigenvalue weighted by Gasteiger charge is -2.19. The molecule has 5 nitrogen and oxygen atoms in total. The second-order valence-corrected chi connectivity index (χ2v) is 7.18. The molecule has 0 fully saturated rings. The summed E-state index contributed by atoms with van der Waals surface area (Å²) in [6.07, 6.45) is 0.820. The molecule has 1 unspecified atom stereocenters. The van der Waals surface area contributed by atoms with Gasteiger partial charge >= 0.3 is 0 Å². The first kappa shape index (κ1) is 21.9. The normalized spacial score (nSPS) is 14.0. The van der Waals surface area contributed by atoms with Gasteiger partial charge in [-0.3, -0.25) is 9.59 Å². The number of hydrogen-bond acceptors (Lipinski definition) is 3. The molecule has 3 rings (SSSR count). The summed E-state index contributed by atoms with van der Waals surface area (Å²) < 4.78 is 14.3. The van der Waals surface area contributed by atoms with E-state index in [0.717, 1.165) is 11.1 Å². The third-order valence-electron chi connectivity index (χ3n) is 4.85. The monoisotopic (exact) mass is 405 g/mol. The number of carbonyl (C=O) groups is 2. The summed E-state index contributed by atoms with van der Waals surface area (Å²) in [7, 11) is 0. The van der Waals surface area contributed by atoms with Crippen LogP contribution in [0.5, 0.6) is 0 Å². The van der Waals surface area contributed by atoms with Crippen molar-refractivity contribution in [2.45, 2.75) is 38.6 Å². The van der Waals surface area contributed by atoms with Gasteiger partial charge < -0.3 is 16.4 Å².